The summed E-state index contributed by atoms with van der Waals surface area (Å²) in [5, 5.41) is 2.70. The van der Waals surface area contributed by atoms with Crippen molar-refractivity contribution in [1.82, 2.24) is 24.3 Å². The molecular weight excluding hydrogens is 520 g/mol. The van der Waals surface area contributed by atoms with Gasteiger partial charge in [-0.2, -0.15) is 4.98 Å². The van der Waals surface area contributed by atoms with Crippen LogP contribution in [0, 0.1) is 5.92 Å². The molecule has 4 rings (SSSR count). The Balaban J connectivity index is 1.29. The van der Waals surface area contributed by atoms with E-state index in [2.05, 4.69) is 41.3 Å². The summed E-state index contributed by atoms with van der Waals surface area (Å²) in [6, 6.07) is 9.93. The third kappa shape index (κ3) is 8.15. The standard InChI is InChI=1S/C30H46N8O3/c1-21(35(4)20-23-6-5-7-24(31)19-23)18-22-8-10-25(11-9-22)38-13-12-26(34-29(38)41)33-28(40)37-16-14-36(15-17-37)27(39)30(2,3)32/h8-13,21,23-24H,5-7,14-20,31-32H2,1-4H3,(H,33,34,40,41)/t21?,23?,24-/m0/s1. The maximum atomic E-state index is 12.8. The molecule has 0 spiro atoms. The van der Waals surface area contributed by atoms with Crippen LogP contribution in [0.25, 0.3) is 5.69 Å². The van der Waals surface area contributed by atoms with Gasteiger partial charge in [0.2, 0.25) is 5.91 Å². The third-order valence-corrected chi connectivity index (χ3v) is 8.31. The van der Waals surface area contributed by atoms with Gasteiger partial charge in [0.1, 0.15) is 5.82 Å². The SMILES string of the molecule is CC(Cc1ccc(-n2ccc(NC(=O)N3CCN(C(=O)C(C)(C)N)CC3)nc2=O)cc1)N(C)CC1CCC[C@H](N)C1. The Labute approximate surface area is 242 Å². The van der Waals surface area contributed by atoms with Gasteiger partial charge in [-0.25, -0.2) is 9.59 Å². The quantitative estimate of drug-likeness (QED) is 0.444. The van der Waals surface area contributed by atoms with Crippen molar-refractivity contribution in [1.29, 1.82) is 0 Å². The van der Waals surface area contributed by atoms with Gasteiger partial charge in [0.15, 0.2) is 0 Å². The summed E-state index contributed by atoms with van der Waals surface area (Å²) >= 11 is 0. The summed E-state index contributed by atoms with van der Waals surface area (Å²) < 4.78 is 1.46. The molecule has 0 radical (unpaired) electrons. The van der Waals surface area contributed by atoms with Crippen molar-refractivity contribution < 1.29 is 9.59 Å². The Kier molecular flexibility index (Phi) is 9.83. The van der Waals surface area contributed by atoms with Crippen molar-refractivity contribution in [3.05, 3.63) is 52.6 Å². The molecule has 2 aromatic rings. The lowest BCUT2D eigenvalue weighted by molar-refractivity contribution is -0.137. The highest BCUT2D eigenvalue weighted by Crippen LogP contribution is 2.24. The van der Waals surface area contributed by atoms with Crippen LogP contribution >= 0.6 is 0 Å². The summed E-state index contributed by atoms with van der Waals surface area (Å²) in [5.41, 5.74) is 12.6. The van der Waals surface area contributed by atoms with Crippen molar-refractivity contribution in [3.63, 3.8) is 0 Å². The van der Waals surface area contributed by atoms with Crippen LogP contribution in [-0.4, -0.2) is 93.6 Å². The van der Waals surface area contributed by atoms with Crippen molar-refractivity contribution in [2.45, 2.75) is 70.5 Å². The summed E-state index contributed by atoms with van der Waals surface area (Å²) in [7, 11) is 2.19. The molecule has 2 aliphatic rings. The van der Waals surface area contributed by atoms with E-state index in [0.29, 0.717) is 49.9 Å². The first-order valence-electron chi connectivity index (χ1n) is 14.7. The van der Waals surface area contributed by atoms with Gasteiger partial charge in [0, 0.05) is 51.0 Å². The van der Waals surface area contributed by atoms with Gasteiger partial charge >= 0.3 is 11.7 Å². The molecule has 11 nitrogen and oxygen atoms in total. The van der Waals surface area contributed by atoms with Crippen LogP contribution in [0.1, 0.15) is 52.0 Å². The molecule has 1 saturated carbocycles. The number of carbonyl (C=O) groups excluding carboxylic acids is 2. The fourth-order valence-corrected chi connectivity index (χ4v) is 5.75. The number of nitrogens with one attached hydrogen (secondary N) is 1. The predicted molar refractivity (Wildman–Crippen MR) is 161 cm³/mol. The number of aromatic nitrogens is 2. The molecule has 1 saturated heterocycles. The highest BCUT2D eigenvalue weighted by molar-refractivity contribution is 5.89. The first-order chi connectivity index (χ1) is 19.4. The van der Waals surface area contributed by atoms with Crippen LogP contribution in [-0.2, 0) is 11.2 Å². The minimum Gasteiger partial charge on any atom is -0.338 e. The monoisotopic (exact) mass is 566 g/mol. The van der Waals surface area contributed by atoms with Crippen LogP contribution in [0.2, 0.25) is 0 Å². The normalized spacial score (nSPS) is 20.7. The Morgan fingerprint density at radius 3 is 2.37 bits per heavy atom. The van der Waals surface area contributed by atoms with Crippen molar-refractivity contribution in [3.8, 4) is 5.69 Å². The number of anilines is 1. The first kappa shape index (κ1) is 30.7. The Bertz CT molecular complexity index is 1250. The molecule has 1 aliphatic heterocycles. The van der Waals surface area contributed by atoms with E-state index in [0.717, 1.165) is 25.8 Å². The third-order valence-electron chi connectivity index (χ3n) is 8.31. The lowest BCUT2D eigenvalue weighted by Crippen LogP contribution is -2.58. The number of likely N-dealkylation sites (N-methyl/N-ethyl adjacent to an activating group) is 1. The minimum absolute atomic E-state index is 0.141. The lowest BCUT2D eigenvalue weighted by atomic mass is 9.85. The second-order valence-corrected chi connectivity index (χ2v) is 12.3. The maximum Gasteiger partial charge on any atom is 0.354 e. The lowest BCUT2D eigenvalue weighted by Gasteiger charge is -2.37. The molecule has 3 amide bonds. The van der Waals surface area contributed by atoms with E-state index in [1.165, 1.54) is 23.0 Å². The number of piperazine rings is 1. The number of carbonyl (C=O) groups is 2. The molecule has 1 aromatic carbocycles. The average molecular weight is 567 g/mol. The van der Waals surface area contributed by atoms with Gasteiger partial charge in [-0.15, -0.1) is 0 Å². The topological polar surface area (TPSA) is 143 Å². The average Bonchev–Trinajstić information content (AvgIpc) is 2.93. The Morgan fingerprint density at radius 1 is 1.10 bits per heavy atom. The maximum absolute atomic E-state index is 12.8. The molecule has 1 aromatic heterocycles. The van der Waals surface area contributed by atoms with Crippen LogP contribution in [0.3, 0.4) is 0 Å². The molecule has 2 heterocycles. The second-order valence-electron chi connectivity index (χ2n) is 12.3. The largest absolute Gasteiger partial charge is 0.354 e. The molecule has 0 bridgehead atoms. The number of rotatable bonds is 8. The number of urea groups is 1. The van der Waals surface area contributed by atoms with E-state index in [9.17, 15) is 14.4 Å². The second kappa shape index (κ2) is 13.1. The Hall–Kier alpha value is -3.28. The van der Waals surface area contributed by atoms with Crippen LogP contribution in [0.4, 0.5) is 10.6 Å². The van der Waals surface area contributed by atoms with E-state index in [-0.39, 0.29) is 17.8 Å². The zero-order chi connectivity index (χ0) is 29.7. The summed E-state index contributed by atoms with van der Waals surface area (Å²) in [6.07, 6.45) is 7.29. The Morgan fingerprint density at radius 2 is 1.76 bits per heavy atom. The molecule has 11 heteroatoms. The number of hydrogen-bond donors (Lipinski definition) is 3. The van der Waals surface area contributed by atoms with E-state index >= 15 is 0 Å². The molecule has 1 aliphatic carbocycles. The van der Waals surface area contributed by atoms with E-state index in [1.54, 1.807) is 35.9 Å². The van der Waals surface area contributed by atoms with Crippen LogP contribution < -0.4 is 22.5 Å². The summed E-state index contributed by atoms with van der Waals surface area (Å²) in [5.74, 6) is 0.716. The number of nitrogens with two attached hydrogens (primary N) is 2. The number of benzene rings is 1. The van der Waals surface area contributed by atoms with Gasteiger partial charge in [0.25, 0.3) is 0 Å². The zero-order valence-electron chi connectivity index (χ0n) is 24.9. The molecule has 41 heavy (non-hydrogen) atoms. The van der Waals surface area contributed by atoms with Crippen molar-refractivity contribution in [2.24, 2.45) is 17.4 Å². The van der Waals surface area contributed by atoms with Gasteiger partial charge < -0.3 is 26.2 Å². The molecular formula is C30H46N8O3. The summed E-state index contributed by atoms with van der Waals surface area (Å²) in [6.45, 7) is 8.22. The van der Waals surface area contributed by atoms with Crippen molar-refractivity contribution in [2.75, 3.05) is 45.1 Å². The van der Waals surface area contributed by atoms with E-state index in [4.69, 9.17) is 11.5 Å². The fourth-order valence-electron chi connectivity index (χ4n) is 5.75. The van der Waals surface area contributed by atoms with Crippen LogP contribution in [0.15, 0.2) is 41.3 Å². The minimum atomic E-state index is -0.947. The molecule has 3 atom stereocenters. The smallest absolute Gasteiger partial charge is 0.338 e. The molecule has 5 N–H and O–H groups in total. The van der Waals surface area contributed by atoms with Gasteiger partial charge in [0.05, 0.1) is 11.2 Å². The molecule has 2 fully saturated rings. The highest BCUT2D eigenvalue weighted by Gasteiger charge is 2.31. The number of hydrogen-bond acceptors (Lipinski definition) is 7. The van der Waals surface area contributed by atoms with Gasteiger partial charge in [-0.05, 0) is 83.2 Å². The zero-order valence-corrected chi connectivity index (χ0v) is 24.9. The highest BCUT2D eigenvalue weighted by atomic mass is 16.2. The predicted octanol–water partition coefficient (Wildman–Crippen LogP) is 2.03. The van der Waals surface area contributed by atoms with Crippen molar-refractivity contribution >= 4 is 17.8 Å². The summed E-state index contributed by atoms with van der Waals surface area (Å²) in [4.78, 5) is 47.7. The van der Waals surface area contributed by atoms with Crippen LogP contribution in [0.5, 0.6) is 0 Å². The van der Waals surface area contributed by atoms with Gasteiger partial charge in [-0.3, -0.25) is 14.7 Å². The molecule has 224 valence electrons. The number of nitrogens with zero attached hydrogens (tertiary/aromatic N) is 5. The van der Waals surface area contributed by atoms with E-state index < -0.39 is 11.2 Å². The number of amides is 3. The fraction of sp³-hybridized carbons (Fsp3) is 0.600. The van der Waals surface area contributed by atoms with E-state index in [1.807, 2.05) is 12.1 Å². The van der Waals surface area contributed by atoms with Gasteiger partial charge in [-0.1, -0.05) is 18.6 Å². The first-order valence-corrected chi connectivity index (χ1v) is 14.7. The molecule has 2 unspecified atom stereocenters.